The number of carbonyl (C=O) groups excluding carboxylic acids is 1. The first-order valence-corrected chi connectivity index (χ1v) is 7.82. The van der Waals surface area contributed by atoms with E-state index in [-0.39, 0.29) is 18.1 Å². The summed E-state index contributed by atoms with van der Waals surface area (Å²) in [6.45, 7) is 5.48. The van der Waals surface area contributed by atoms with Gasteiger partial charge in [-0.1, -0.05) is 6.07 Å². The van der Waals surface area contributed by atoms with Crippen LogP contribution in [0.1, 0.15) is 31.2 Å². The van der Waals surface area contributed by atoms with Gasteiger partial charge in [0.2, 0.25) is 0 Å². The van der Waals surface area contributed by atoms with Crippen LogP contribution in [0.25, 0.3) is 0 Å². The lowest BCUT2D eigenvalue weighted by atomic mass is 10.1. The first-order chi connectivity index (χ1) is 9.58. The number of ether oxygens (including phenoxy) is 1. The standard InChI is InChI=1S/C14H22N2O3S/c1-10(2)15-14(18)16-5-6-19-9-11(16)8-12(17)13-4-3-7-20-13/h3-4,7,10-12,17H,5-6,8-9H2,1-2H3,(H,15,18). The Kier molecular flexibility index (Phi) is 5.39. The van der Waals surface area contributed by atoms with Crippen LogP contribution in [0, 0.1) is 0 Å². The van der Waals surface area contributed by atoms with E-state index in [1.807, 2.05) is 31.4 Å². The van der Waals surface area contributed by atoms with E-state index < -0.39 is 6.10 Å². The molecule has 2 amide bonds. The van der Waals surface area contributed by atoms with Crippen molar-refractivity contribution in [3.8, 4) is 0 Å². The smallest absolute Gasteiger partial charge is 0.318 e. The predicted molar refractivity (Wildman–Crippen MR) is 78.9 cm³/mol. The number of hydrogen-bond acceptors (Lipinski definition) is 4. The molecule has 1 aromatic rings. The van der Waals surface area contributed by atoms with Crippen LogP contribution in [0.2, 0.25) is 0 Å². The van der Waals surface area contributed by atoms with Crippen LogP contribution in [0.3, 0.4) is 0 Å². The fraction of sp³-hybridized carbons (Fsp3) is 0.643. The largest absolute Gasteiger partial charge is 0.387 e. The molecule has 1 aliphatic rings. The molecule has 0 spiro atoms. The van der Waals surface area contributed by atoms with Crippen LogP contribution < -0.4 is 5.32 Å². The second-order valence-electron chi connectivity index (χ2n) is 5.29. The van der Waals surface area contributed by atoms with Gasteiger partial charge in [0, 0.05) is 23.9 Å². The van der Waals surface area contributed by atoms with Gasteiger partial charge in [0.1, 0.15) is 0 Å². The quantitative estimate of drug-likeness (QED) is 0.893. The summed E-state index contributed by atoms with van der Waals surface area (Å²) in [7, 11) is 0. The van der Waals surface area contributed by atoms with Gasteiger partial charge in [0.15, 0.2) is 0 Å². The minimum atomic E-state index is -0.545. The molecule has 2 rings (SSSR count). The minimum absolute atomic E-state index is 0.0771. The van der Waals surface area contributed by atoms with Crippen molar-refractivity contribution in [1.82, 2.24) is 10.2 Å². The third-order valence-electron chi connectivity index (χ3n) is 3.27. The number of hydrogen-bond donors (Lipinski definition) is 2. The van der Waals surface area contributed by atoms with Crippen molar-refractivity contribution in [2.45, 2.75) is 38.5 Å². The van der Waals surface area contributed by atoms with Gasteiger partial charge in [-0.25, -0.2) is 4.79 Å². The first kappa shape index (κ1) is 15.3. The summed E-state index contributed by atoms with van der Waals surface area (Å²) < 4.78 is 5.46. The highest BCUT2D eigenvalue weighted by Gasteiger charge is 2.29. The van der Waals surface area contributed by atoms with E-state index in [1.54, 1.807) is 4.90 Å². The van der Waals surface area contributed by atoms with Crippen molar-refractivity contribution in [3.05, 3.63) is 22.4 Å². The number of nitrogens with zero attached hydrogens (tertiary/aromatic N) is 1. The molecule has 6 heteroatoms. The number of morpholine rings is 1. The van der Waals surface area contributed by atoms with E-state index in [0.29, 0.717) is 26.2 Å². The van der Waals surface area contributed by atoms with Crippen LogP contribution in [0.15, 0.2) is 17.5 Å². The molecular formula is C14H22N2O3S. The Hall–Kier alpha value is -1.11. The number of aliphatic hydroxyl groups is 1. The van der Waals surface area contributed by atoms with Gasteiger partial charge in [0.25, 0.3) is 0 Å². The van der Waals surface area contributed by atoms with Gasteiger partial charge >= 0.3 is 6.03 Å². The normalized spacial score (nSPS) is 21.0. The lowest BCUT2D eigenvalue weighted by Crippen LogP contribution is -2.54. The van der Waals surface area contributed by atoms with E-state index in [4.69, 9.17) is 4.74 Å². The van der Waals surface area contributed by atoms with Crippen molar-refractivity contribution in [2.24, 2.45) is 0 Å². The molecular weight excluding hydrogens is 276 g/mol. The minimum Gasteiger partial charge on any atom is -0.387 e. The predicted octanol–water partition coefficient (Wildman–Crippen LogP) is 1.99. The maximum Gasteiger partial charge on any atom is 0.318 e. The lowest BCUT2D eigenvalue weighted by molar-refractivity contribution is -0.00679. The zero-order valence-corrected chi connectivity index (χ0v) is 12.7. The highest BCUT2D eigenvalue weighted by atomic mass is 32.1. The molecule has 1 fully saturated rings. The zero-order valence-electron chi connectivity index (χ0n) is 11.9. The van der Waals surface area contributed by atoms with E-state index in [1.165, 1.54) is 11.3 Å². The van der Waals surface area contributed by atoms with Gasteiger partial charge < -0.3 is 20.1 Å². The fourth-order valence-corrected chi connectivity index (χ4v) is 3.03. The topological polar surface area (TPSA) is 61.8 Å². The monoisotopic (exact) mass is 298 g/mol. The molecule has 0 aliphatic carbocycles. The molecule has 2 heterocycles. The van der Waals surface area contributed by atoms with Gasteiger partial charge in [-0.2, -0.15) is 0 Å². The average molecular weight is 298 g/mol. The van der Waals surface area contributed by atoms with Crippen molar-refractivity contribution in [3.63, 3.8) is 0 Å². The van der Waals surface area contributed by atoms with Crippen molar-refractivity contribution < 1.29 is 14.6 Å². The molecule has 2 unspecified atom stereocenters. The van der Waals surface area contributed by atoms with E-state index in [0.717, 1.165) is 4.88 Å². The molecule has 1 aliphatic heterocycles. The molecule has 0 saturated carbocycles. The maximum atomic E-state index is 12.2. The Labute approximate surface area is 123 Å². The second-order valence-corrected chi connectivity index (χ2v) is 6.27. The number of carbonyl (C=O) groups is 1. The van der Waals surface area contributed by atoms with Crippen molar-refractivity contribution in [1.29, 1.82) is 0 Å². The molecule has 2 atom stereocenters. The Morgan fingerprint density at radius 1 is 1.65 bits per heavy atom. The highest BCUT2D eigenvalue weighted by molar-refractivity contribution is 7.10. The molecule has 1 aromatic heterocycles. The number of thiophene rings is 1. The summed E-state index contributed by atoms with van der Waals surface area (Å²) in [5, 5.41) is 15.1. The SMILES string of the molecule is CC(C)NC(=O)N1CCOCC1CC(O)c1cccs1. The van der Waals surface area contributed by atoms with Gasteiger partial charge in [-0.15, -0.1) is 11.3 Å². The van der Waals surface area contributed by atoms with Crippen LogP contribution in [-0.2, 0) is 4.74 Å². The Balaban J connectivity index is 1.98. The van der Waals surface area contributed by atoms with Crippen molar-refractivity contribution >= 4 is 17.4 Å². The van der Waals surface area contributed by atoms with E-state index in [9.17, 15) is 9.90 Å². The van der Waals surface area contributed by atoms with Gasteiger partial charge in [-0.05, 0) is 25.3 Å². The second kappa shape index (κ2) is 7.06. The van der Waals surface area contributed by atoms with E-state index in [2.05, 4.69) is 5.32 Å². The number of aliphatic hydroxyl groups excluding tert-OH is 1. The number of nitrogens with one attached hydrogen (secondary N) is 1. The molecule has 5 nitrogen and oxygen atoms in total. The Bertz CT molecular complexity index is 422. The molecule has 112 valence electrons. The molecule has 1 saturated heterocycles. The first-order valence-electron chi connectivity index (χ1n) is 6.94. The number of urea groups is 1. The third-order valence-corrected chi connectivity index (χ3v) is 4.24. The fourth-order valence-electron chi connectivity index (χ4n) is 2.30. The molecule has 0 aromatic carbocycles. The average Bonchev–Trinajstić information content (AvgIpc) is 2.92. The summed E-state index contributed by atoms with van der Waals surface area (Å²) in [6, 6.07) is 3.78. The number of amides is 2. The van der Waals surface area contributed by atoms with Crippen LogP contribution in [-0.4, -0.2) is 47.9 Å². The van der Waals surface area contributed by atoms with Gasteiger partial charge in [-0.3, -0.25) is 0 Å². The summed E-state index contributed by atoms with van der Waals surface area (Å²) in [6.07, 6.45) is -0.0393. The summed E-state index contributed by atoms with van der Waals surface area (Å²) in [5.41, 5.74) is 0. The van der Waals surface area contributed by atoms with Crippen LogP contribution in [0.4, 0.5) is 4.79 Å². The molecule has 2 N–H and O–H groups in total. The van der Waals surface area contributed by atoms with Crippen molar-refractivity contribution in [2.75, 3.05) is 19.8 Å². The van der Waals surface area contributed by atoms with E-state index >= 15 is 0 Å². The van der Waals surface area contributed by atoms with Crippen LogP contribution >= 0.6 is 11.3 Å². The third kappa shape index (κ3) is 3.94. The van der Waals surface area contributed by atoms with Crippen LogP contribution in [0.5, 0.6) is 0 Å². The molecule has 20 heavy (non-hydrogen) atoms. The Morgan fingerprint density at radius 2 is 2.45 bits per heavy atom. The maximum absolute atomic E-state index is 12.2. The molecule has 0 radical (unpaired) electrons. The summed E-state index contributed by atoms with van der Waals surface area (Å²) in [5.74, 6) is 0. The number of rotatable bonds is 4. The lowest BCUT2D eigenvalue weighted by Gasteiger charge is -2.36. The molecule has 0 bridgehead atoms. The Morgan fingerprint density at radius 3 is 3.10 bits per heavy atom. The highest BCUT2D eigenvalue weighted by Crippen LogP contribution is 2.25. The summed E-state index contributed by atoms with van der Waals surface area (Å²) in [4.78, 5) is 14.9. The van der Waals surface area contributed by atoms with Gasteiger partial charge in [0.05, 0.1) is 25.4 Å². The summed E-state index contributed by atoms with van der Waals surface area (Å²) >= 11 is 1.53. The zero-order chi connectivity index (χ0) is 14.5.